The number of aryl methyl sites for hydroxylation is 1. The van der Waals surface area contributed by atoms with Crippen LogP contribution in [0, 0.1) is 6.92 Å². The Labute approximate surface area is 118 Å². The van der Waals surface area contributed by atoms with Gasteiger partial charge in [0.15, 0.2) is 0 Å². The zero-order chi connectivity index (χ0) is 14.8. The highest BCUT2D eigenvalue weighted by atomic mass is 16.4. The van der Waals surface area contributed by atoms with E-state index in [2.05, 4.69) is 5.32 Å². The van der Waals surface area contributed by atoms with Gasteiger partial charge in [-0.3, -0.25) is 4.90 Å². The van der Waals surface area contributed by atoms with Crippen molar-refractivity contribution in [2.45, 2.75) is 38.6 Å². The standard InChI is InChI=1S/C15H20N2O3/c1-3-17(12-7-5-11(2)6-8-12)14(20)16-15(13(18)19)9-4-10-15/h5-8H,3-4,9-10H2,1-2H3,(H,16,20)(H,18,19). The number of carboxylic acid groups (broad SMARTS) is 1. The first-order valence-electron chi connectivity index (χ1n) is 6.88. The van der Waals surface area contributed by atoms with Crippen molar-refractivity contribution in [1.29, 1.82) is 0 Å². The second-order valence-electron chi connectivity index (χ2n) is 5.25. The zero-order valence-electron chi connectivity index (χ0n) is 11.8. The Balaban J connectivity index is 2.13. The smallest absolute Gasteiger partial charge is 0.329 e. The van der Waals surface area contributed by atoms with Gasteiger partial charge < -0.3 is 10.4 Å². The van der Waals surface area contributed by atoms with Crippen molar-refractivity contribution < 1.29 is 14.7 Å². The van der Waals surface area contributed by atoms with Gasteiger partial charge >= 0.3 is 12.0 Å². The van der Waals surface area contributed by atoms with Crippen molar-refractivity contribution in [2.24, 2.45) is 0 Å². The van der Waals surface area contributed by atoms with Gasteiger partial charge in [0.25, 0.3) is 0 Å². The minimum Gasteiger partial charge on any atom is -0.480 e. The quantitative estimate of drug-likeness (QED) is 0.887. The van der Waals surface area contributed by atoms with Gasteiger partial charge in [0, 0.05) is 12.2 Å². The summed E-state index contributed by atoms with van der Waals surface area (Å²) in [6.07, 6.45) is 1.84. The summed E-state index contributed by atoms with van der Waals surface area (Å²) in [7, 11) is 0. The predicted molar refractivity (Wildman–Crippen MR) is 76.9 cm³/mol. The summed E-state index contributed by atoms with van der Waals surface area (Å²) in [6.45, 7) is 4.34. The van der Waals surface area contributed by atoms with Crippen molar-refractivity contribution in [1.82, 2.24) is 5.32 Å². The van der Waals surface area contributed by atoms with Crippen molar-refractivity contribution >= 4 is 17.7 Å². The molecule has 0 aromatic heterocycles. The number of hydrogen-bond acceptors (Lipinski definition) is 2. The van der Waals surface area contributed by atoms with Gasteiger partial charge in [-0.15, -0.1) is 0 Å². The van der Waals surface area contributed by atoms with Crippen molar-refractivity contribution in [3.63, 3.8) is 0 Å². The number of anilines is 1. The molecule has 0 radical (unpaired) electrons. The SMILES string of the molecule is CCN(C(=O)NC1(C(=O)O)CCC1)c1ccc(C)cc1. The van der Waals surface area contributed by atoms with E-state index in [-0.39, 0.29) is 6.03 Å². The number of rotatable bonds is 4. The lowest BCUT2D eigenvalue weighted by molar-refractivity contribution is -0.148. The summed E-state index contributed by atoms with van der Waals surface area (Å²) in [5.41, 5.74) is 0.816. The average molecular weight is 276 g/mol. The van der Waals surface area contributed by atoms with Crippen LogP contribution in [0.15, 0.2) is 24.3 Å². The van der Waals surface area contributed by atoms with Crippen molar-refractivity contribution in [2.75, 3.05) is 11.4 Å². The summed E-state index contributed by atoms with van der Waals surface area (Å²) in [6, 6.07) is 7.25. The van der Waals surface area contributed by atoms with Crippen LogP contribution in [0.2, 0.25) is 0 Å². The summed E-state index contributed by atoms with van der Waals surface area (Å²) in [5.74, 6) is -0.947. The third kappa shape index (κ3) is 2.61. The number of urea groups is 1. The molecule has 1 aromatic carbocycles. The van der Waals surface area contributed by atoms with Crippen LogP contribution < -0.4 is 10.2 Å². The van der Waals surface area contributed by atoms with Gasteiger partial charge in [0.05, 0.1) is 0 Å². The maximum atomic E-state index is 12.3. The fourth-order valence-electron chi connectivity index (χ4n) is 2.36. The first-order valence-corrected chi connectivity index (χ1v) is 6.88. The third-order valence-corrected chi connectivity index (χ3v) is 3.87. The molecular weight excluding hydrogens is 256 g/mol. The molecule has 0 saturated heterocycles. The van der Waals surface area contributed by atoms with Crippen LogP contribution in [-0.4, -0.2) is 29.2 Å². The number of nitrogens with zero attached hydrogens (tertiary/aromatic N) is 1. The molecule has 0 aliphatic heterocycles. The Morgan fingerprint density at radius 2 is 1.90 bits per heavy atom. The van der Waals surface area contributed by atoms with Crippen molar-refractivity contribution in [3.05, 3.63) is 29.8 Å². The lowest BCUT2D eigenvalue weighted by atomic mass is 9.77. The Bertz CT molecular complexity index is 506. The minimum absolute atomic E-state index is 0.349. The van der Waals surface area contributed by atoms with Gasteiger partial charge in [-0.25, -0.2) is 9.59 Å². The van der Waals surface area contributed by atoms with Crippen LogP contribution in [0.1, 0.15) is 31.7 Å². The normalized spacial score (nSPS) is 16.1. The first-order chi connectivity index (χ1) is 9.48. The number of nitrogens with one attached hydrogen (secondary N) is 1. The monoisotopic (exact) mass is 276 g/mol. The lowest BCUT2D eigenvalue weighted by Gasteiger charge is -2.39. The Morgan fingerprint density at radius 3 is 2.30 bits per heavy atom. The minimum atomic E-state index is -1.07. The number of aliphatic carboxylic acids is 1. The molecule has 2 amide bonds. The molecule has 1 aliphatic rings. The molecule has 2 rings (SSSR count). The maximum absolute atomic E-state index is 12.3. The molecule has 0 unspecified atom stereocenters. The summed E-state index contributed by atoms with van der Waals surface area (Å²) < 4.78 is 0. The van der Waals surface area contributed by atoms with Crippen LogP contribution in [0.3, 0.4) is 0 Å². The molecule has 2 N–H and O–H groups in total. The highest BCUT2D eigenvalue weighted by Gasteiger charge is 2.46. The van der Waals surface area contributed by atoms with E-state index < -0.39 is 11.5 Å². The van der Waals surface area contributed by atoms with Crippen LogP contribution in [-0.2, 0) is 4.79 Å². The Hall–Kier alpha value is -2.04. The topological polar surface area (TPSA) is 69.6 Å². The van der Waals surface area contributed by atoms with Crippen LogP contribution in [0.5, 0.6) is 0 Å². The van der Waals surface area contributed by atoms with Gasteiger partial charge in [-0.1, -0.05) is 17.7 Å². The van der Waals surface area contributed by atoms with Crippen LogP contribution in [0.4, 0.5) is 10.5 Å². The third-order valence-electron chi connectivity index (χ3n) is 3.87. The molecule has 1 saturated carbocycles. The molecule has 1 aromatic rings. The largest absolute Gasteiger partial charge is 0.480 e. The van der Waals surface area contributed by atoms with E-state index in [1.165, 1.54) is 0 Å². The highest BCUT2D eigenvalue weighted by Crippen LogP contribution is 2.32. The molecule has 0 atom stereocenters. The van der Waals surface area contributed by atoms with E-state index in [1.807, 2.05) is 38.1 Å². The first kappa shape index (κ1) is 14.4. The summed E-state index contributed by atoms with van der Waals surface area (Å²) >= 11 is 0. The molecule has 0 bridgehead atoms. The number of hydrogen-bond donors (Lipinski definition) is 2. The molecule has 5 heteroatoms. The summed E-state index contributed by atoms with van der Waals surface area (Å²) in [5, 5.41) is 11.9. The van der Waals surface area contributed by atoms with Gasteiger partial charge in [0.1, 0.15) is 5.54 Å². The van der Waals surface area contributed by atoms with Gasteiger partial charge in [-0.05, 0) is 45.2 Å². The van der Waals surface area contributed by atoms with Crippen molar-refractivity contribution in [3.8, 4) is 0 Å². The number of benzene rings is 1. The average Bonchev–Trinajstić information content (AvgIpc) is 2.36. The van der Waals surface area contributed by atoms with E-state index >= 15 is 0 Å². The maximum Gasteiger partial charge on any atom is 0.329 e. The Morgan fingerprint density at radius 1 is 1.30 bits per heavy atom. The highest BCUT2D eigenvalue weighted by molar-refractivity contribution is 5.96. The molecule has 1 fully saturated rings. The molecule has 5 nitrogen and oxygen atoms in total. The van der Waals surface area contributed by atoms with Gasteiger partial charge in [0.2, 0.25) is 0 Å². The number of carbonyl (C=O) groups excluding carboxylic acids is 1. The molecule has 108 valence electrons. The second-order valence-corrected chi connectivity index (χ2v) is 5.25. The van der Waals surface area contributed by atoms with Crippen LogP contribution >= 0.6 is 0 Å². The van der Waals surface area contributed by atoms with E-state index in [0.717, 1.165) is 17.7 Å². The van der Waals surface area contributed by atoms with E-state index in [9.17, 15) is 14.7 Å². The summed E-state index contributed by atoms with van der Waals surface area (Å²) in [4.78, 5) is 25.2. The molecule has 20 heavy (non-hydrogen) atoms. The van der Waals surface area contributed by atoms with Gasteiger partial charge in [-0.2, -0.15) is 0 Å². The zero-order valence-corrected chi connectivity index (χ0v) is 11.8. The van der Waals surface area contributed by atoms with Crippen LogP contribution in [0.25, 0.3) is 0 Å². The lowest BCUT2D eigenvalue weighted by Crippen LogP contribution is -2.61. The fourth-order valence-corrected chi connectivity index (χ4v) is 2.36. The number of carboxylic acids is 1. The second kappa shape index (κ2) is 5.53. The van der Waals surface area contributed by atoms with E-state index in [4.69, 9.17) is 0 Å². The number of carbonyl (C=O) groups is 2. The van der Waals surface area contributed by atoms with E-state index in [1.54, 1.807) is 4.90 Å². The predicted octanol–water partition coefficient (Wildman–Crippen LogP) is 2.54. The molecule has 0 spiro atoms. The fraction of sp³-hybridized carbons (Fsp3) is 0.467. The molecular formula is C15H20N2O3. The number of amides is 2. The molecule has 0 heterocycles. The van der Waals surface area contributed by atoms with E-state index in [0.29, 0.717) is 19.4 Å². The Kier molecular flexibility index (Phi) is 3.97. The molecule has 1 aliphatic carbocycles.